The molecule has 3 aliphatic rings. The molecule has 0 unspecified atom stereocenters. The molecular weight excluding hydrogens is 279 g/mol. The molecule has 1 aliphatic heterocycles. The van der Waals surface area contributed by atoms with Gasteiger partial charge >= 0.3 is 0 Å². The molecule has 3 fully saturated rings. The number of nitriles is 1. The Morgan fingerprint density at radius 1 is 1.41 bits per heavy atom. The van der Waals surface area contributed by atoms with E-state index in [0.717, 1.165) is 19.3 Å². The number of piperidine rings is 1. The highest BCUT2D eigenvalue weighted by Gasteiger charge is 2.78. The molecule has 2 saturated carbocycles. The van der Waals surface area contributed by atoms with Crippen molar-refractivity contribution in [3.63, 3.8) is 0 Å². The van der Waals surface area contributed by atoms with Gasteiger partial charge < -0.3 is 4.90 Å². The van der Waals surface area contributed by atoms with Crippen LogP contribution < -0.4 is 0 Å². The Balaban J connectivity index is 1.82. The minimum atomic E-state index is -0.774. The Morgan fingerprint density at radius 3 is 2.77 bits per heavy atom. The summed E-state index contributed by atoms with van der Waals surface area (Å²) in [7, 11) is 0. The summed E-state index contributed by atoms with van der Waals surface area (Å²) < 4.78 is 14.0. The molecular formula is C18H19FN2O. The lowest BCUT2D eigenvalue weighted by Crippen LogP contribution is -2.54. The maximum Gasteiger partial charge on any atom is 0.258 e. The van der Waals surface area contributed by atoms with Gasteiger partial charge in [-0.1, -0.05) is 26.0 Å². The second-order valence-electron chi connectivity index (χ2n) is 7.53. The number of benzene rings is 1. The highest BCUT2D eigenvalue weighted by molar-refractivity contribution is 5.96. The zero-order valence-corrected chi connectivity index (χ0v) is 12.9. The maximum absolute atomic E-state index is 14.0. The van der Waals surface area contributed by atoms with Crippen molar-refractivity contribution in [1.29, 1.82) is 5.26 Å². The van der Waals surface area contributed by atoms with Crippen LogP contribution in [0.1, 0.15) is 43.5 Å². The molecule has 3 nitrogen and oxygen atoms in total. The van der Waals surface area contributed by atoms with E-state index < -0.39 is 11.4 Å². The summed E-state index contributed by atoms with van der Waals surface area (Å²) in [5.74, 6) is -0.347. The van der Waals surface area contributed by atoms with Crippen molar-refractivity contribution in [2.45, 2.75) is 38.6 Å². The van der Waals surface area contributed by atoms with Gasteiger partial charge in [-0.2, -0.15) is 5.26 Å². The zero-order chi connectivity index (χ0) is 15.8. The average molecular weight is 298 g/mol. The summed E-state index contributed by atoms with van der Waals surface area (Å²) in [5, 5.41) is 9.94. The first-order chi connectivity index (χ1) is 10.4. The molecule has 114 valence electrons. The molecule has 4 atom stereocenters. The fourth-order valence-electron chi connectivity index (χ4n) is 5.54. The molecule has 1 heterocycles. The SMILES string of the molecule is C[C@]12CC[C@H]3C[C@@]1(C#N)N(C(=O)c1ccccc1F)C[C@@]32C. The normalized spacial score (nSPS) is 41.7. The molecule has 1 aromatic rings. The van der Waals surface area contributed by atoms with E-state index in [0.29, 0.717) is 12.5 Å². The fraction of sp³-hybridized carbons (Fsp3) is 0.556. The van der Waals surface area contributed by atoms with Crippen LogP contribution in [0.25, 0.3) is 0 Å². The minimum Gasteiger partial charge on any atom is -0.319 e. The number of amides is 1. The third-order valence-corrected chi connectivity index (χ3v) is 7.09. The number of hydrogen-bond donors (Lipinski definition) is 0. The number of likely N-dealkylation sites (tertiary alicyclic amines) is 1. The van der Waals surface area contributed by atoms with Crippen LogP contribution in [0.3, 0.4) is 0 Å². The molecule has 22 heavy (non-hydrogen) atoms. The van der Waals surface area contributed by atoms with Crippen LogP contribution in [0.5, 0.6) is 0 Å². The van der Waals surface area contributed by atoms with Gasteiger partial charge in [0.25, 0.3) is 5.91 Å². The zero-order valence-electron chi connectivity index (χ0n) is 12.9. The van der Waals surface area contributed by atoms with E-state index in [-0.39, 0.29) is 22.3 Å². The molecule has 4 heteroatoms. The van der Waals surface area contributed by atoms with Crippen LogP contribution in [0, 0.1) is 33.9 Å². The summed E-state index contributed by atoms with van der Waals surface area (Å²) in [6.07, 6.45) is 2.84. The average Bonchev–Trinajstić information content (AvgIpc) is 2.96. The van der Waals surface area contributed by atoms with Gasteiger partial charge in [0.2, 0.25) is 0 Å². The van der Waals surface area contributed by atoms with E-state index in [4.69, 9.17) is 0 Å². The minimum absolute atomic E-state index is 0.0242. The lowest BCUT2D eigenvalue weighted by atomic mass is 9.66. The van der Waals surface area contributed by atoms with Crippen LogP contribution in [0.2, 0.25) is 0 Å². The van der Waals surface area contributed by atoms with Crippen LogP contribution in [0.15, 0.2) is 24.3 Å². The summed E-state index contributed by atoms with van der Waals surface area (Å²) in [6, 6.07) is 8.52. The molecule has 1 amide bonds. The van der Waals surface area contributed by atoms with Gasteiger partial charge in [-0.15, -0.1) is 0 Å². The number of nitrogens with zero attached hydrogens (tertiary/aromatic N) is 2. The van der Waals surface area contributed by atoms with Crippen molar-refractivity contribution in [1.82, 2.24) is 4.90 Å². The number of halogens is 1. The lowest BCUT2D eigenvalue weighted by Gasteiger charge is -2.43. The van der Waals surface area contributed by atoms with Crippen LogP contribution in [0.4, 0.5) is 4.39 Å². The Morgan fingerprint density at radius 2 is 2.14 bits per heavy atom. The van der Waals surface area contributed by atoms with Crippen LogP contribution in [-0.4, -0.2) is 22.9 Å². The molecule has 0 spiro atoms. The Hall–Kier alpha value is -1.89. The van der Waals surface area contributed by atoms with E-state index in [1.165, 1.54) is 12.1 Å². The Kier molecular flexibility index (Phi) is 2.44. The molecule has 4 bridgehead atoms. The van der Waals surface area contributed by atoms with Gasteiger partial charge in [0, 0.05) is 12.0 Å². The molecule has 0 aromatic heterocycles. The van der Waals surface area contributed by atoms with Gasteiger partial charge in [0.05, 0.1) is 11.6 Å². The smallest absolute Gasteiger partial charge is 0.258 e. The highest BCUT2D eigenvalue weighted by atomic mass is 19.1. The first-order valence-electron chi connectivity index (χ1n) is 7.87. The first kappa shape index (κ1) is 13.8. The van der Waals surface area contributed by atoms with Gasteiger partial charge in [0.15, 0.2) is 0 Å². The van der Waals surface area contributed by atoms with E-state index in [1.807, 2.05) is 0 Å². The predicted molar refractivity (Wildman–Crippen MR) is 79.3 cm³/mol. The number of carbonyl (C=O) groups excluding carboxylic acids is 1. The lowest BCUT2D eigenvalue weighted by molar-refractivity contribution is 0.0425. The Bertz CT molecular complexity index is 726. The van der Waals surface area contributed by atoms with E-state index in [1.54, 1.807) is 17.0 Å². The molecule has 0 radical (unpaired) electrons. The maximum atomic E-state index is 14.0. The van der Waals surface area contributed by atoms with Crippen molar-refractivity contribution in [3.05, 3.63) is 35.6 Å². The summed E-state index contributed by atoms with van der Waals surface area (Å²) in [5.41, 5.74) is -0.902. The largest absolute Gasteiger partial charge is 0.319 e. The standard InChI is InChI=1S/C18H19FN2O/c1-16-11-21(15(22)13-5-3-4-6-14(13)19)18(10-20)9-12(16)7-8-17(16,18)2/h3-6,12H,7-9,11H2,1-2H3/t12-,16-,17+,18-/m0/s1. The molecule has 2 aliphatic carbocycles. The van der Waals surface area contributed by atoms with Crippen molar-refractivity contribution >= 4 is 5.91 Å². The Labute approximate surface area is 129 Å². The molecule has 4 rings (SSSR count). The number of hydrogen-bond acceptors (Lipinski definition) is 2. The second kappa shape index (κ2) is 3.90. The van der Waals surface area contributed by atoms with Gasteiger partial charge in [-0.05, 0) is 42.7 Å². The van der Waals surface area contributed by atoms with Crippen molar-refractivity contribution in [3.8, 4) is 6.07 Å². The third kappa shape index (κ3) is 1.21. The van der Waals surface area contributed by atoms with Gasteiger partial charge in [-0.25, -0.2) is 4.39 Å². The van der Waals surface area contributed by atoms with Gasteiger partial charge in [-0.3, -0.25) is 4.79 Å². The highest BCUT2D eigenvalue weighted by Crippen LogP contribution is 2.75. The molecule has 1 aromatic carbocycles. The third-order valence-electron chi connectivity index (χ3n) is 7.09. The summed E-state index contributed by atoms with van der Waals surface area (Å²) in [6.45, 7) is 4.92. The molecule has 1 saturated heterocycles. The van der Waals surface area contributed by atoms with Crippen LogP contribution >= 0.6 is 0 Å². The molecule has 0 N–H and O–H groups in total. The van der Waals surface area contributed by atoms with Gasteiger partial charge in [0.1, 0.15) is 11.4 Å². The van der Waals surface area contributed by atoms with Crippen molar-refractivity contribution in [2.75, 3.05) is 6.54 Å². The van der Waals surface area contributed by atoms with Crippen molar-refractivity contribution < 1.29 is 9.18 Å². The number of carbonyl (C=O) groups is 1. The summed E-state index contributed by atoms with van der Waals surface area (Å²) in [4.78, 5) is 14.6. The van der Waals surface area contributed by atoms with E-state index in [2.05, 4.69) is 19.9 Å². The quantitative estimate of drug-likeness (QED) is 0.798. The van der Waals surface area contributed by atoms with E-state index in [9.17, 15) is 14.4 Å². The predicted octanol–water partition coefficient (Wildman–Crippen LogP) is 3.37. The van der Waals surface area contributed by atoms with Crippen molar-refractivity contribution in [2.24, 2.45) is 16.7 Å². The monoisotopic (exact) mass is 298 g/mol. The second-order valence-corrected chi connectivity index (χ2v) is 7.53. The van der Waals surface area contributed by atoms with Crippen LogP contribution in [-0.2, 0) is 0 Å². The first-order valence-corrected chi connectivity index (χ1v) is 7.87. The topological polar surface area (TPSA) is 44.1 Å². The fourth-order valence-corrected chi connectivity index (χ4v) is 5.54. The van der Waals surface area contributed by atoms with E-state index >= 15 is 0 Å². The summed E-state index contributed by atoms with van der Waals surface area (Å²) >= 11 is 0. The number of rotatable bonds is 1.